The summed E-state index contributed by atoms with van der Waals surface area (Å²) in [5.74, 6) is 0.531. The first-order chi connectivity index (χ1) is 6.92. The van der Waals surface area contributed by atoms with Crippen molar-refractivity contribution in [3.05, 3.63) is 48.3 Å². The lowest BCUT2D eigenvalue weighted by Crippen LogP contribution is -1.80. The van der Waals surface area contributed by atoms with Crippen LogP contribution in [0.4, 0.5) is 0 Å². The Labute approximate surface area is 88.0 Å². The molecule has 0 aliphatic heterocycles. The Morgan fingerprint density at radius 1 is 1.21 bits per heavy atom. The highest BCUT2D eigenvalue weighted by Crippen LogP contribution is 2.17. The Balaban J connectivity index is 2.59. The molecule has 0 unspecified atom stereocenters. The van der Waals surface area contributed by atoms with Gasteiger partial charge in [-0.3, -0.25) is 4.98 Å². The number of nitrogens with zero attached hydrogens (tertiary/aromatic N) is 1. The molecule has 0 bridgehead atoms. The smallest absolute Gasteiger partial charge is 0.0407 e. The number of hydrogen-bond donors (Lipinski definition) is 0. The quantitative estimate of drug-likeness (QED) is 0.681. The second kappa shape index (κ2) is 4.25. The van der Waals surface area contributed by atoms with Crippen LogP contribution >= 0.6 is 11.6 Å². The van der Waals surface area contributed by atoms with Crippen LogP contribution in [0.5, 0.6) is 0 Å². The van der Waals surface area contributed by atoms with E-state index in [-0.39, 0.29) is 0 Å². The van der Waals surface area contributed by atoms with Gasteiger partial charge in [0.05, 0.1) is 0 Å². The van der Waals surface area contributed by atoms with Crippen LogP contribution in [0.1, 0.15) is 5.56 Å². The number of aromatic nitrogens is 1. The molecule has 1 heterocycles. The SMILES string of the molecule is ClCC=Cc1cncc2ccccc12. The van der Waals surface area contributed by atoms with Gasteiger partial charge in [0.15, 0.2) is 0 Å². The molecule has 2 heteroatoms. The monoisotopic (exact) mass is 203 g/mol. The van der Waals surface area contributed by atoms with Crippen molar-refractivity contribution in [2.75, 3.05) is 5.88 Å². The van der Waals surface area contributed by atoms with Gasteiger partial charge < -0.3 is 0 Å². The topological polar surface area (TPSA) is 12.9 Å². The number of hydrogen-bond acceptors (Lipinski definition) is 1. The minimum Gasteiger partial charge on any atom is -0.263 e. The van der Waals surface area contributed by atoms with Crippen LogP contribution in [0.3, 0.4) is 0 Å². The summed E-state index contributed by atoms with van der Waals surface area (Å²) in [4.78, 5) is 4.17. The second-order valence-corrected chi connectivity index (χ2v) is 3.32. The van der Waals surface area contributed by atoms with E-state index >= 15 is 0 Å². The molecule has 1 aromatic carbocycles. The molecule has 0 saturated heterocycles. The fourth-order valence-corrected chi connectivity index (χ4v) is 1.53. The molecule has 2 aromatic rings. The molecule has 0 spiro atoms. The first-order valence-electron chi connectivity index (χ1n) is 4.47. The highest BCUT2D eigenvalue weighted by atomic mass is 35.5. The lowest BCUT2D eigenvalue weighted by molar-refractivity contribution is 1.35. The average Bonchev–Trinajstić information content (AvgIpc) is 2.26. The first-order valence-corrected chi connectivity index (χ1v) is 5.00. The predicted octanol–water partition coefficient (Wildman–Crippen LogP) is 3.49. The van der Waals surface area contributed by atoms with Crippen molar-refractivity contribution in [3.8, 4) is 0 Å². The van der Waals surface area contributed by atoms with Gasteiger partial charge in [0.1, 0.15) is 0 Å². The zero-order chi connectivity index (χ0) is 9.80. The average molecular weight is 204 g/mol. The van der Waals surface area contributed by atoms with Crippen LogP contribution in [0.15, 0.2) is 42.7 Å². The van der Waals surface area contributed by atoms with Crippen molar-refractivity contribution in [2.45, 2.75) is 0 Å². The van der Waals surface area contributed by atoms with E-state index in [4.69, 9.17) is 11.6 Å². The van der Waals surface area contributed by atoms with Crippen LogP contribution < -0.4 is 0 Å². The van der Waals surface area contributed by atoms with Crippen molar-refractivity contribution in [1.29, 1.82) is 0 Å². The molecule has 0 amide bonds. The predicted molar refractivity (Wildman–Crippen MR) is 61.5 cm³/mol. The minimum atomic E-state index is 0.531. The number of alkyl halides is 1. The maximum absolute atomic E-state index is 5.60. The summed E-state index contributed by atoms with van der Waals surface area (Å²) >= 11 is 5.60. The van der Waals surface area contributed by atoms with Crippen LogP contribution in [-0.4, -0.2) is 10.9 Å². The second-order valence-electron chi connectivity index (χ2n) is 3.01. The van der Waals surface area contributed by atoms with Crippen molar-refractivity contribution in [1.82, 2.24) is 4.98 Å². The lowest BCUT2D eigenvalue weighted by atomic mass is 10.1. The van der Waals surface area contributed by atoms with Gasteiger partial charge in [0.25, 0.3) is 0 Å². The van der Waals surface area contributed by atoms with E-state index < -0.39 is 0 Å². The zero-order valence-corrected chi connectivity index (χ0v) is 8.41. The summed E-state index contributed by atoms with van der Waals surface area (Å²) in [6.07, 6.45) is 7.64. The molecule has 0 fully saturated rings. The van der Waals surface area contributed by atoms with Crippen molar-refractivity contribution >= 4 is 28.4 Å². The molecule has 0 N–H and O–H groups in total. The molecule has 2 rings (SSSR count). The highest BCUT2D eigenvalue weighted by Gasteiger charge is 1.96. The number of pyridine rings is 1. The summed E-state index contributed by atoms with van der Waals surface area (Å²) in [6, 6.07) is 8.19. The van der Waals surface area contributed by atoms with Crippen LogP contribution in [0.25, 0.3) is 16.8 Å². The summed E-state index contributed by atoms with van der Waals surface area (Å²) in [5.41, 5.74) is 1.11. The Morgan fingerprint density at radius 2 is 2.07 bits per heavy atom. The number of rotatable bonds is 2. The summed E-state index contributed by atoms with van der Waals surface area (Å²) in [5, 5.41) is 2.37. The fourth-order valence-electron chi connectivity index (χ4n) is 1.44. The van der Waals surface area contributed by atoms with Crippen molar-refractivity contribution in [3.63, 3.8) is 0 Å². The number of allylic oxidation sites excluding steroid dienone is 1. The molecular weight excluding hydrogens is 194 g/mol. The molecule has 0 atom stereocenters. The molecule has 0 radical (unpaired) electrons. The molecule has 1 aromatic heterocycles. The third-order valence-electron chi connectivity index (χ3n) is 2.09. The number of benzene rings is 1. The normalized spacial score (nSPS) is 11.2. The number of halogens is 1. The highest BCUT2D eigenvalue weighted by molar-refractivity contribution is 6.19. The minimum absolute atomic E-state index is 0.531. The third kappa shape index (κ3) is 1.78. The van der Waals surface area contributed by atoms with Gasteiger partial charge in [-0.25, -0.2) is 0 Å². The Bertz CT molecular complexity index is 457. The molecule has 0 saturated carbocycles. The van der Waals surface area contributed by atoms with Gasteiger partial charge >= 0.3 is 0 Å². The standard InChI is InChI=1S/C12H10ClN/c13-7-3-5-11-9-14-8-10-4-1-2-6-12(10)11/h1-6,8-9H,7H2. The van der Waals surface area contributed by atoms with Crippen LogP contribution in [0.2, 0.25) is 0 Å². The fraction of sp³-hybridized carbons (Fsp3) is 0.0833. The van der Waals surface area contributed by atoms with E-state index in [0.29, 0.717) is 5.88 Å². The zero-order valence-electron chi connectivity index (χ0n) is 7.65. The van der Waals surface area contributed by atoms with E-state index in [0.717, 1.165) is 10.9 Å². The Morgan fingerprint density at radius 3 is 2.93 bits per heavy atom. The van der Waals surface area contributed by atoms with Crippen LogP contribution in [0, 0.1) is 0 Å². The van der Waals surface area contributed by atoms with E-state index in [1.165, 1.54) is 5.39 Å². The largest absolute Gasteiger partial charge is 0.263 e. The van der Waals surface area contributed by atoms with Gasteiger partial charge in [-0.2, -0.15) is 0 Å². The molecular formula is C12H10ClN. The summed E-state index contributed by atoms with van der Waals surface area (Å²) < 4.78 is 0. The Hall–Kier alpha value is -1.34. The molecule has 14 heavy (non-hydrogen) atoms. The van der Waals surface area contributed by atoms with Gasteiger partial charge in [-0.1, -0.05) is 36.4 Å². The summed E-state index contributed by atoms with van der Waals surface area (Å²) in [6.45, 7) is 0. The van der Waals surface area contributed by atoms with Crippen molar-refractivity contribution < 1.29 is 0 Å². The van der Waals surface area contributed by atoms with E-state index in [2.05, 4.69) is 17.1 Å². The first kappa shape index (κ1) is 9.22. The van der Waals surface area contributed by atoms with Gasteiger partial charge in [-0.05, 0) is 5.39 Å². The van der Waals surface area contributed by atoms with Gasteiger partial charge in [0.2, 0.25) is 0 Å². The van der Waals surface area contributed by atoms with E-state index in [1.807, 2.05) is 36.7 Å². The van der Waals surface area contributed by atoms with Gasteiger partial charge in [0, 0.05) is 29.2 Å². The molecule has 70 valence electrons. The molecule has 0 aliphatic carbocycles. The van der Waals surface area contributed by atoms with Crippen LogP contribution in [-0.2, 0) is 0 Å². The maximum atomic E-state index is 5.60. The third-order valence-corrected chi connectivity index (χ3v) is 2.26. The van der Waals surface area contributed by atoms with Crippen molar-refractivity contribution in [2.24, 2.45) is 0 Å². The van der Waals surface area contributed by atoms with E-state index in [1.54, 1.807) is 0 Å². The Kier molecular flexibility index (Phi) is 2.80. The molecule has 1 nitrogen and oxygen atoms in total. The molecule has 0 aliphatic rings. The maximum Gasteiger partial charge on any atom is 0.0407 e. The van der Waals surface area contributed by atoms with E-state index in [9.17, 15) is 0 Å². The van der Waals surface area contributed by atoms with Gasteiger partial charge in [-0.15, -0.1) is 11.6 Å². The lowest BCUT2D eigenvalue weighted by Gasteiger charge is -2.00. The summed E-state index contributed by atoms with van der Waals surface area (Å²) in [7, 11) is 0. The number of fused-ring (bicyclic) bond motifs is 1.